The van der Waals surface area contributed by atoms with Crippen molar-refractivity contribution in [3.05, 3.63) is 85.6 Å². The van der Waals surface area contributed by atoms with Gasteiger partial charge in [0.25, 0.3) is 0 Å². The van der Waals surface area contributed by atoms with Crippen LogP contribution in [0.2, 0.25) is 0 Å². The predicted molar refractivity (Wildman–Crippen MR) is 82.4 cm³/mol. The molecule has 90 valence electrons. The average Bonchev–Trinajstić information content (AvgIpc) is 2.21. The largest absolute Gasteiger partial charge is 2.00 e. The molecule has 0 aromatic heterocycles. The number of rotatable bonds is 0. The van der Waals surface area contributed by atoms with E-state index in [9.17, 15) is 0 Å². The Bertz CT molecular complexity index is 312. The summed E-state index contributed by atoms with van der Waals surface area (Å²) in [5, 5.41) is 0. The van der Waals surface area contributed by atoms with Crippen molar-refractivity contribution in [2.45, 2.75) is 0 Å². The van der Waals surface area contributed by atoms with Crippen molar-refractivity contribution in [2.75, 3.05) is 0 Å². The minimum absolute atomic E-state index is 0. The molecule has 0 saturated carbocycles. The Morgan fingerprint density at radius 3 is 0.882 bits per heavy atom. The Balaban J connectivity index is -0.000000196. The summed E-state index contributed by atoms with van der Waals surface area (Å²) in [6, 6.07) is 19.7. The molecule has 0 saturated heterocycles. The summed E-state index contributed by atoms with van der Waals surface area (Å²) in [5.41, 5.74) is 2.14. The molecule has 0 fully saturated rings. The van der Waals surface area contributed by atoms with Crippen LogP contribution in [0.3, 0.4) is 0 Å². The fourth-order valence-corrected chi connectivity index (χ4v) is 0.956. The molecule has 0 heterocycles. The normalized spacial score (nSPS) is 7.06. The maximum absolute atomic E-state index is 3.72. The quantitative estimate of drug-likeness (QED) is 0.443. The Morgan fingerprint density at radius 1 is 0.529 bits per heavy atom. The van der Waals surface area contributed by atoms with Gasteiger partial charge in [0.2, 0.25) is 0 Å². The zero-order chi connectivity index (χ0) is 10.2. The molecule has 0 amide bonds. The van der Waals surface area contributed by atoms with Gasteiger partial charge < -0.3 is 0 Å². The van der Waals surface area contributed by atoms with E-state index < -0.39 is 0 Å². The van der Waals surface area contributed by atoms with Gasteiger partial charge in [0.15, 0.2) is 0 Å². The maximum Gasteiger partial charge on any atom is 2.00 e. The Hall–Kier alpha value is -0.146. The van der Waals surface area contributed by atoms with E-state index in [0.29, 0.717) is 0 Å². The van der Waals surface area contributed by atoms with Crippen molar-refractivity contribution in [2.24, 2.45) is 0 Å². The van der Waals surface area contributed by atoms with Crippen LogP contribution in [0.5, 0.6) is 0 Å². The van der Waals surface area contributed by atoms with E-state index in [1.807, 2.05) is 60.7 Å². The molecule has 0 spiro atoms. The molecule has 3 heteroatoms. The molecule has 0 aliphatic carbocycles. The summed E-state index contributed by atoms with van der Waals surface area (Å²) in [6.07, 6.45) is 0. The molecule has 2 aromatic rings. The van der Waals surface area contributed by atoms with E-state index in [2.05, 4.69) is 13.8 Å². The Labute approximate surface area is 140 Å². The van der Waals surface area contributed by atoms with Gasteiger partial charge in [0, 0.05) is 0 Å². The van der Waals surface area contributed by atoms with Crippen LogP contribution in [-0.4, -0.2) is 0 Å². The predicted octanol–water partition coefficient (Wildman–Crippen LogP) is 4.89. The van der Waals surface area contributed by atoms with Crippen molar-refractivity contribution in [3.8, 4) is 0 Å². The molecule has 2 aromatic carbocycles. The fraction of sp³-hybridized carbons (Fsp3) is 0. The van der Waals surface area contributed by atoms with Crippen LogP contribution in [0.4, 0.5) is 0 Å². The third-order valence-electron chi connectivity index (χ3n) is 1.69. The molecule has 0 atom stereocenters. The van der Waals surface area contributed by atoms with E-state index >= 15 is 0 Å². The molecular formula is C14H16Br2Ti. The Morgan fingerprint density at radius 2 is 0.765 bits per heavy atom. The second-order valence-corrected chi connectivity index (χ2v) is 2.97. The molecule has 0 N–H and O–H groups in total. The van der Waals surface area contributed by atoms with Gasteiger partial charge in [-0.05, 0) is 0 Å². The summed E-state index contributed by atoms with van der Waals surface area (Å²) in [7, 11) is 0. The standard InChI is InChI=1S/2C7H7.2BrH.Ti/c2*1-7-5-3-2-4-6-7;;;/h2*2-6H,1H2;2*1H;/q2*-1;;;+2. The van der Waals surface area contributed by atoms with E-state index in [1.54, 1.807) is 0 Å². The molecule has 0 radical (unpaired) electrons. The number of hydrogen-bond acceptors (Lipinski definition) is 0. The van der Waals surface area contributed by atoms with Crippen molar-refractivity contribution in [3.63, 3.8) is 0 Å². The van der Waals surface area contributed by atoms with Gasteiger partial charge in [0.1, 0.15) is 0 Å². The SMILES string of the molecule is Br.Br.[CH2-]c1ccccc1.[CH2-]c1ccccc1.[Ti+2]. The first-order valence-electron chi connectivity index (χ1n) is 4.53. The molecule has 17 heavy (non-hydrogen) atoms. The van der Waals surface area contributed by atoms with Crippen molar-refractivity contribution >= 4 is 34.0 Å². The summed E-state index contributed by atoms with van der Waals surface area (Å²) >= 11 is 0. The summed E-state index contributed by atoms with van der Waals surface area (Å²) in [4.78, 5) is 0. The fourth-order valence-electron chi connectivity index (χ4n) is 0.956. The van der Waals surface area contributed by atoms with E-state index in [1.165, 1.54) is 0 Å². The van der Waals surface area contributed by atoms with Gasteiger partial charge in [-0.2, -0.15) is 49.2 Å². The van der Waals surface area contributed by atoms with Crippen molar-refractivity contribution in [1.29, 1.82) is 0 Å². The molecule has 2 rings (SSSR count). The van der Waals surface area contributed by atoms with Crippen LogP contribution in [0.25, 0.3) is 0 Å². The molecule has 0 unspecified atom stereocenters. The zero-order valence-corrected chi connectivity index (χ0v) is 14.5. The van der Waals surface area contributed by atoms with Gasteiger partial charge in [-0.1, -0.05) is 12.1 Å². The van der Waals surface area contributed by atoms with Crippen LogP contribution < -0.4 is 0 Å². The minimum Gasteiger partial charge on any atom is -0.199 e. The monoisotopic (exact) mass is 390 g/mol. The summed E-state index contributed by atoms with van der Waals surface area (Å²) in [6.45, 7) is 7.44. The molecule has 0 nitrogen and oxygen atoms in total. The number of hydrogen-bond donors (Lipinski definition) is 0. The second-order valence-electron chi connectivity index (χ2n) is 2.97. The van der Waals surface area contributed by atoms with Gasteiger partial charge >= 0.3 is 21.7 Å². The maximum atomic E-state index is 3.72. The van der Waals surface area contributed by atoms with Gasteiger partial charge in [-0.15, -0.1) is 58.2 Å². The first-order chi connectivity index (χ1) is 6.79. The summed E-state index contributed by atoms with van der Waals surface area (Å²) < 4.78 is 0. The van der Waals surface area contributed by atoms with Crippen LogP contribution in [0.1, 0.15) is 11.1 Å². The molecule has 0 bridgehead atoms. The van der Waals surface area contributed by atoms with E-state index in [0.717, 1.165) is 11.1 Å². The minimum atomic E-state index is 0. The number of benzene rings is 2. The first-order valence-corrected chi connectivity index (χ1v) is 4.53. The second kappa shape index (κ2) is 13.9. The first kappa shape index (κ1) is 22.1. The van der Waals surface area contributed by atoms with E-state index in [-0.39, 0.29) is 55.7 Å². The topological polar surface area (TPSA) is 0 Å². The third-order valence-corrected chi connectivity index (χ3v) is 1.69. The van der Waals surface area contributed by atoms with Crippen molar-refractivity contribution in [1.82, 2.24) is 0 Å². The van der Waals surface area contributed by atoms with Gasteiger partial charge in [-0.3, -0.25) is 0 Å². The van der Waals surface area contributed by atoms with E-state index in [4.69, 9.17) is 0 Å². The summed E-state index contributed by atoms with van der Waals surface area (Å²) in [5.74, 6) is 0. The van der Waals surface area contributed by atoms with Gasteiger partial charge in [-0.25, -0.2) is 0 Å². The molecule has 0 aliphatic heterocycles. The molecule has 0 aliphatic rings. The zero-order valence-electron chi connectivity index (χ0n) is 9.50. The van der Waals surface area contributed by atoms with Crippen LogP contribution >= 0.6 is 34.0 Å². The van der Waals surface area contributed by atoms with Crippen LogP contribution in [0, 0.1) is 13.8 Å². The van der Waals surface area contributed by atoms with Gasteiger partial charge in [0.05, 0.1) is 0 Å². The average molecular weight is 392 g/mol. The third kappa shape index (κ3) is 12.1. The Kier molecular flexibility index (Phi) is 18.1. The van der Waals surface area contributed by atoms with Crippen molar-refractivity contribution < 1.29 is 21.7 Å². The van der Waals surface area contributed by atoms with Crippen LogP contribution in [-0.2, 0) is 21.7 Å². The smallest absolute Gasteiger partial charge is 0.199 e. The van der Waals surface area contributed by atoms with Crippen LogP contribution in [0.15, 0.2) is 60.7 Å². The molecular weight excluding hydrogens is 376 g/mol. The number of halogens is 2.